The van der Waals surface area contributed by atoms with E-state index in [9.17, 15) is 58.5 Å². The molecular weight excluding hydrogens is 969 g/mol. The van der Waals surface area contributed by atoms with Gasteiger partial charge in [0.2, 0.25) is 47.3 Å². The predicted octanol–water partition coefficient (Wildman–Crippen LogP) is 0.680. The molecule has 1 aliphatic heterocycles. The number of hydrogen-bond donors (Lipinski definition) is 10. The van der Waals surface area contributed by atoms with Gasteiger partial charge in [0.25, 0.3) is 0 Å². The van der Waals surface area contributed by atoms with Gasteiger partial charge in [-0.25, -0.2) is 4.79 Å². The van der Waals surface area contributed by atoms with Crippen molar-refractivity contribution < 1.29 is 63.2 Å². The first-order valence-corrected chi connectivity index (χ1v) is 24.7. The van der Waals surface area contributed by atoms with Crippen LogP contribution >= 0.6 is 0 Å². The highest BCUT2D eigenvalue weighted by Gasteiger charge is 2.40. The van der Waals surface area contributed by atoms with Crippen LogP contribution in [0.25, 0.3) is 12.2 Å². The van der Waals surface area contributed by atoms with Crippen molar-refractivity contribution in [3.8, 4) is 5.75 Å². The van der Waals surface area contributed by atoms with Gasteiger partial charge in [0, 0.05) is 26.0 Å². The molecule has 0 aromatic heterocycles. The second kappa shape index (κ2) is 29.1. The van der Waals surface area contributed by atoms with Crippen molar-refractivity contribution in [1.82, 2.24) is 36.8 Å². The van der Waals surface area contributed by atoms with Crippen LogP contribution in [0.3, 0.4) is 0 Å². The summed E-state index contributed by atoms with van der Waals surface area (Å²) in [5.41, 5.74) is 7.91. The highest BCUT2D eigenvalue weighted by Crippen LogP contribution is 2.19. The minimum Gasteiger partial charge on any atom is -0.508 e. The number of nitrogens with zero attached hydrogens (tertiary/aromatic N) is 1. The zero-order valence-corrected chi connectivity index (χ0v) is 43.0. The van der Waals surface area contributed by atoms with Crippen LogP contribution in [-0.4, -0.2) is 142 Å². The molecule has 21 nitrogen and oxygen atoms in total. The molecule has 4 rings (SSSR count). The molecule has 1 saturated heterocycles. The quantitative estimate of drug-likeness (QED) is 0.0658. The number of phenols is 1. The molecule has 0 radical (unpaired) electrons. The van der Waals surface area contributed by atoms with Crippen LogP contribution in [0.15, 0.2) is 91.0 Å². The van der Waals surface area contributed by atoms with E-state index in [1.165, 1.54) is 44.3 Å². The average molecular weight is 1040 g/mol. The number of amides is 8. The van der Waals surface area contributed by atoms with E-state index in [4.69, 9.17) is 10.5 Å². The third-order valence-corrected chi connectivity index (χ3v) is 12.1. The number of carbonyl (C=O) groups excluding carboxylic acids is 9. The second-order valence-corrected chi connectivity index (χ2v) is 18.8. The summed E-state index contributed by atoms with van der Waals surface area (Å²) in [5.74, 6) is -9.82. The maximum Gasteiger partial charge on any atom is 0.331 e. The Morgan fingerprint density at radius 3 is 1.80 bits per heavy atom. The van der Waals surface area contributed by atoms with Crippen LogP contribution in [0.1, 0.15) is 82.6 Å². The molecule has 1 heterocycles. The van der Waals surface area contributed by atoms with E-state index in [-0.39, 0.29) is 30.9 Å². The smallest absolute Gasteiger partial charge is 0.331 e. The highest BCUT2D eigenvalue weighted by molar-refractivity contribution is 6.00. The number of phenolic OH excluding ortho intramolecular Hbond substituents is 1. The van der Waals surface area contributed by atoms with Crippen molar-refractivity contribution in [2.75, 3.05) is 13.7 Å². The third-order valence-electron chi connectivity index (χ3n) is 12.1. The molecule has 0 aliphatic carbocycles. The highest BCUT2D eigenvalue weighted by atomic mass is 16.5. The molecule has 9 atom stereocenters. The summed E-state index contributed by atoms with van der Waals surface area (Å²) in [4.78, 5) is 127. The molecule has 0 spiro atoms. The average Bonchev–Trinajstić information content (AvgIpc) is 3.36. The van der Waals surface area contributed by atoms with E-state index in [2.05, 4.69) is 31.9 Å². The number of aliphatic hydroxyl groups excluding tert-OH is 2. The van der Waals surface area contributed by atoms with E-state index in [1.54, 1.807) is 56.3 Å². The van der Waals surface area contributed by atoms with Gasteiger partial charge in [0.1, 0.15) is 54.1 Å². The Labute approximate surface area is 436 Å². The molecule has 0 bridgehead atoms. The number of rotatable bonds is 17. The van der Waals surface area contributed by atoms with Gasteiger partial charge in [-0.2, -0.15) is 0 Å². The third kappa shape index (κ3) is 18.5. The molecule has 0 saturated carbocycles. The first-order chi connectivity index (χ1) is 35.6. The first kappa shape index (κ1) is 59.7. The molecule has 21 heteroatoms. The predicted molar refractivity (Wildman–Crippen MR) is 277 cm³/mol. The SMILES string of the molecule is CCCC=Cc1ccccc1C=CC(=O)OC(C)C1NC(=O)C(CO)NC(=O)C(CC(N)=O)NC(=O)C(C(C)O)NC(=O)C(Cc2ccccc2)NC(=O)C(CC(C)C)NC(=O)C(Cc2ccc(O)cc2)N(C)C1=O. The first-order valence-electron chi connectivity index (χ1n) is 24.7. The number of likely N-dealkylation sites (N-methyl/N-ethyl adjacent to an activating group) is 1. The summed E-state index contributed by atoms with van der Waals surface area (Å²) in [6, 6.07) is 9.59. The summed E-state index contributed by atoms with van der Waals surface area (Å²) < 4.78 is 5.72. The number of aromatic hydroxyl groups is 1. The normalized spacial score (nSPS) is 22.8. The summed E-state index contributed by atoms with van der Waals surface area (Å²) in [6.07, 6.45) is 3.78. The number of aliphatic hydroxyl groups is 2. The summed E-state index contributed by atoms with van der Waals surface area (Å²) >= 11 is 0. The topological polar surface area (TPSA) is 325 Å². The maximum atomic E-state index is 15.0. The standard InChI is InChI=1S/C54H70N8O13/c1-7-8-10-17-36-18-13-14-19-37(36)22-25-45(67)75-33(5)47-54(74)62(6)43(28-35-20-23-38(65)24-21-35)52(72)57-39(26-31(2)3)48(68)56-40(27-34-15-11-9-12-16-34)50(70)60-46(32(4)64)53(73)58-41(29-44(55)66)49(69)59-42(30-63)51(71)61-47/h9-25,31-33,39-43,46-47,63-65H,7-8,26-30H2,1-6H3,(H2,55,66)(H,56,68)(H,57,72)(H,58,73)(H,59,69)(H,60,70)(H,61,71). The number of nitrogens with one attached hydrogen (secondary N) is 6. The molecule has 1 aliphatic rings. The largest absolute Gasteiger partial charge is 0.508 e. The van der Waals surface area contributed by atoms with Crippen LogP contribution in [0.4, 0.5) is 0 Å². The molecule has 3 aromatic rings. The van der Waals surface area contributed by atoms with Gasteiger partial charge in [0.15, 0.2) is 0 Å². The summed E-state index contributed by atoms with van der Waals surface area (Å²) in [6.45, 7) is 6.91. The van der Waals surface area contributed by atoms with Gasteiger partial charge in [-0.3, -0.25) is 38.4 Å². The minimum absolute atomic E-state index is 0.00304. The number of unbranched alkanes of at least 4 members (excludes halogenated alkanes) is 1. The molecule has 404 valence electrons. The lowest BCUT2D eigenvalue weighted by Crippen LogP contribution is -2.63. The van der Waals surface area contributed by atoms with Gasteiger partial charge in [-0.05, 0) is 73.1 Å². The number of esters is 1. The van der Waals surface area contributed by atoms with Crippen LogP contribution in [0.2, 0.25) is 0 Å². The molecule has 1 fully saturated rings. The molecule has 3 aromatic carbocycles. The number of nitrogens with two attached hydrogens (primary N) is 1. The lowest BCUT2D eigenvalue weighted by atomic mass is 9.98. The van der Waals surface area contributed by atoms with Crippen molar-refractivity contribution in [3.63, 3.8) is 0 Å². The van der Waals surface area contributed by atoms with Gasteiger partial charge < -0.3 is 62.6 Å². The van der Waals surface area contributed by atoms with Crippen LogP contribution < -0.4 is 37.6 Å². The monoisotopic (exact) mass is 1040 g/mol. The minimum atomic E-state index is -1.92. The lowest BCUT2D eigenvalue weighted by Gasteiger charge is -2.34. The van der Waals surface area contributed by atoms with E-state index < -0.39 is 121 Å². The molecule has 75 heavy (non-hydrogen) atoms. The number of benzene rings is 3. The summed E-state index contributed by atoms with van der Waals surface area (Å²) in [7, 11) is 1.23. The Balaban J connectivity index is 1.87. The molecule has 8 amide bonds. The number of ether oxygens (including phenoxy) is 1. The van der Waals surface area contributed by atoms with Crippen molar-refractivity contribution >= 4 is 65.4 Å². The molecule has 11 N–H and O–H groups in total. The maximum absolute atomic E-state index is 15.0. The Morgan fingerprint density at radius 1 is 0.667 bits per heavy atom. The van der Waals surface area contributed by atoms with E-state index >= 15 is 0 Å². The van der Waals surface area contributed by atoms with E-state index in [0.29, 0.717) is 16.7 Å². The molecular formula is C54H70N8O13. The van der Waals surface area contributed by atoms with Crippen LogP contribution in [0, 0.1) is 5.92 Å². The van der Waals surface area contributed by atoms with Crippen molar-refractivity contribution in [3.05, 3.63) is 113 Å². The van der Waals surface area contributed by atoms with E-state index in [1.807, 2.05) is 31.2 Å². The molecule has 9 unspecified atom stereocenters. The van der Waals surface area contributed by atoms with Gasteiger partial charge in [0.05, 0.1) is 19.1 Å². The fourth-order valence-electron chi connectivity index (χ4n) is 8.01. The second-order valence-electron chi connectivity index (χ2n) is 18.8. The van der Waals surface area contributed by atoms with Crippen molar-refractivity contribution in [2.24, 2.45) is 11.7 Å². The van der Waals surface area contributed by atoms with Gasteiger partial charge in [-0.1, -0.05) is 106 Å². The number of carbonyl (C=O) groups is 9. The Morgan fingerprint density at radius 2 is 1.20 bits per heavy atom. The lowest BCUT2D eigenvalue weighted by molar-refractivity contribution is -0.152. The van der Waals surface area contributed by atoms with Crippen LogP contribution in [0.5, 0.6) is 5.75 Å². The van der Waals surface area contributed by atoms with Crippen molar-refractivity contribution in [1.29, 1.82) is 0 Å². The Kier molecular flexibility index (Phi) is 23.1. The zero-order chi connectivity index (χ0) is 55.4. The van der Waals surface area contributed by atoms with Crippen molar-refractivity contribution in [2.45, 2.75) is 128 Å². The zero-order valence-electron chi connectivity index (χ0n) is 43.0. The Hall–Kier alpha value is -7.91. The van der Waals surface area contributed by atoms with Crippen LogP contribution in [-0.2, 0) is 60.7 Å². The van der Waals surface area contributed by atoms with Gasteiger partial charge in [-0.15, -0.1) is 0 Å². The Bertz CT molecular complexity index is 2540. The van der Waals surface area contributed by atoms with Gasteiger partial charge >= 0.3 is 5.97 Å². The fraction of sp³-hybridized carbons (Fsp3) is 0.426. The number of primary amides is 1. The summed E-state index contributed by atoms with van der Waals surface area (Å²) in [5, 5.41) is 46.2. The van der Waals surface area contributed by atoms with E-state index in [0.717, 1.165) is 36.3 Å². The number of hydrogen-bond acceptors (Lipinski definition) is 13. The fourth-order valence-corrected chi connectivity index (χ4v) is 8.01. The number of allylic oxidation sites excluding steroid dienone is 1.